The summed E-state index contributed by atoms with van der Waals surface area (Å²) >= 11 is 0. The number of nitrogens with one attached hydrogen (secondary N) is 1. The number of hydrogen-bond acceptors (Lipinski definition) is 4. The SMILES string of the molecule is O=C(CNc1cnc2ccccc2n1)N1CCCc2ccccc21. The highest BCUT2D eigenvalue weighted by Crippen LogP contribution is 2.26. The standard InChI is InChI=1S/C19H18N4O/c24-19(23-11-5-7-14-6-1-4-10-17(14)23)13-21-18-12-20-15-8-2-3-9-16(15)22-18/h1-4,6,8-10,12H,5,7,11,13H2,(H,21,22). The molecule has 1 aliphatic heterocycles. The van der Waals surface area contributed by atoms with Crippen molar-refractivity contribution in [3.63, 3.8) is 0 Å². The lowest BCUT2D eigenvalue weighted by Gasteiger charge is -2.29. The predicted molar refractivity (Wildman–Crippen MR) is 95.1 cm³/mol. The van der Waals surface area contributed by atoms with Gasteiger partial charge in [0, 0.05) is 12.2 Å². The van der Waals surface area contributed by atoms with Crippen molar-refractivity contribution in [2.45, 2.75) is 12.8 Å². The second-order valence-corrected chi connectivity index (χ2v) is 5.88. The Morgan fingerprint density at radius 3 is 2.79 bits per heavy atom. The van der Waals surface area contributed by atoms with E-state index in [0.717, 1.165) is 36.1 Å². The first-order valence-corrected chi connectivity index (χ1v) is 8.15. The topological polar surface area (TPSA) is 58.1 Å². The van der Waals surface area contributed by atoms with E-state index in [2.05, 4.69) is 21.4 Å². The van der Waals surface area contributed by atoms with Gasteiger partial charge in [-0.05, 0) is 36.6 Å². The van der Waals surface area contributed by atoms with Crippen LogP contribution in [0.25, 0.3) is 11.0 Å². The molecule has 2 heterocycles. The number of anilines is 2. The summed E-state index contributed by atoms with van der Waals surface area (Å²) < 4.78 is 0. The van der Waals surface area contributed by atoms with Crippen molar-refractivity contribution in [2.75, 3.05) is 23.3 Å². The molecule has 0 aliphatic carbocycles. The first-order chi connectivity index (χ1) is 11.8. The summed E-state index contributed by atoms with van der Waals surface area (Å²) in [5.74, 6) is 0.671. The van der Waals surface area contributed by atoms with Crippen LogP contribution in [0.2, 0.25) is 0 Å². The van der Waals surface area contributed by atoms with Gasteiger partial charge >= 0.3 is 0 Å². The van der Waals surface area contributed by atoms with E-state index >= 15 is 0 Å². The molecular formula is C19H18N4O. The maximum absolute atomic E-state index is 12.6. The summed E-state index contributed by atoms with van der Waals surface area (Å²) in [6, 6.07) is 15.8. The Hall–Kier alpha value is -2.95. The van der Waals surface area contributed by atoms with Crippen LogP contribution in [-0.4, -0.2) is 29.0 Å². The molecule has 0 fully saturated rings. The molecule has 0 spiro atoms. The molecule has 5 nitrogen and oxygen atoms in total. The Bertz CT molecular complexity index is 893. The lowest BCUT2D eigenvalue weighted by atomic mass is 10.0. The number of aromatic nitrogens is 2. The fourth-order valence-electron chi connectivity index (χ4n) is 3.10. The highest BCUT2D eigenvalue weighted by Gasteiger charge is 2.21. The normalized spacial score (nSPS) is 13.6. The van der Waals surface area contributed by atoms with E-state index in [4.69, 9.17) is 0 Å². The van der Waals surface area contributed by atoms with Gasteiger partial charge in [-0.3, -0.25) is 9.78 Å². The molecule has 1 amide bonds. The number of nitrogens with zero attached hydrogens (tertiary/aromatic N) is 3. The van der Waals surface area contributed by atoms with Gasteiger partial charge in [0.25, 0.3) is 0 Å². The third kappa shape index (κ3) is 2.80. The first-order valence-electron chi connectivity index (χ1n) is 8.15. The summed E-state index contributed by atoms with van der Waals surface area (Å²) in [4.78, 5) is 23.3. The van der Waals surface area contributed by atoms with Crippen molar-refractivity contribution < 1.29 is 4.79 Å². The monoisotopic (exact) mass is 318 g/mol. The van der Waals surface area contributed by atoms with Crippen LogP contribution in [-0.2, 0) is 11.2 Å². The van der Waals surface area contributed by atoms with E-state index in [9.17, 15) is 4.79 Å². The number of fused-ring (bicyclic) bond motifs is 2. The van der Waals surface area contributed by atoms with Gasteiger partial charge in [0.1, 0.15) is 5.82 Å². The summed E-state index contributed by atoms with van der Waals surface area (Å²) in [5.41, 5.74) is 3.93. The van der Waals surface area contributed by atoms with E-state index in [1.165, 1.54) is 5.56 Å². The summed E-state index contributed by atoms with van der Waals surface area (Å²) in [5, 5.41) is 3.10. The van der Waals surface area contributed by atoms with Crippen molar-refractivity contribution in [3.05, 3.63) is 60.3 Å². The van der Waals surface area contributed by atoms with Crippen LogP contribution < -0.4 is 10.2 Å². The zero-order valence-electron chi connectivity index (χ0n) is 13.3. The van der Waals surface area contributed by atoms with Crippen LogP contribution in [0.1, 0.15) is 12.0 Å². The molecule has 0 saturated carbocycles. The van der Waals surface area contributed by atoms with E-state index in [0.29, 0.717) is 5.82 Å². The molecule has 5 heteroatoms. The number of para-hydroxylation sites is 3. The Morgan fingerprint density at radius 2 is 1.88 bits per heavy atom. The molecule has 120 valence electrons. The Kier molecular flexibility index (Phi) is 3.83. The molecule has 0 atom stereocenters. The molecule has 1 aliphatic rings. The molecule has 3 aromatic rings. The predicted octanol–water partition coefficient (Wildman–Crippen LogP) is 3.02. The highest BCUT2D eigenvalue weighted by atomic mass is 16.2. The van der Waals surface area contributed by atoms with Crippen LogP contribution in [0.4, 0.5) is 11.5 Å². The highest BCUT2D eigenvalue weighted by molar-refractivity contribution is 5.97. The van der Waals surface area contributed by atoms with Crippen molar-refractivity contribution in [3.8, 4) is 0 Å². The molecule has 24 heavy (non-hydrogen) atoms. The Labute approximate surface area is 140 Å². The fourth-order valence-corrected chi connectivity index (χ4v) is 3.10. The fraction of sp³-hybridized carbons (Fsp3) is 0.211. The summed E-state index contributed by atoms with van der Waals surface area (Å²) in [6.45, 7) is 0.974. The maximum atomic E-state index is 12.6. The number of carbonyl (C=O) groups is 1. The van der Waals surface area contributed by atoms with Crippen molar-refractivity contribution in [1.82, 2.24) is 9.97 Å². The average Bonchev–Trinajstić information content (AvgIpc) is 2.65. The van der Waals surface area contributed by atoms with Gasteiger partial charge in [-0.2, -0.15) is 0 Å². The van der Waals surface area contributed by atoms with E-state index < -0.39 is 0 Å². The van der Waals surface area contributed by atoms with Crippen molar-refractivity contribution in [2.24, 2.45) is 0 Å². The van der Waals surface area contributed by atoms with Crippen LogP contribution in [0.15, 0.2) is 54.7 Å². The second kappa shape index (κ2) is 6.28. The van der Waals surface area contributed by atoms with Crippen LogP contribution in [0.5, 0.6) is 0 Å². The Morgan fingerprint density at radius 1 is 1.08 bits per heavy atom. The third-order valence-electron chi connectivity index (χ3n) is 4.28. The minimum atomic E-state index is 0.0529. The van der Waals surface area contributed by atoms with Crippen LogP contribution in [0.3, 0.4) is 0 Å². The number of hydrogen-bond donors (Lipinski definition) is 1. The number of amides is 1. The third-order valence-corrected chi connectivity index (χ3v) is 4.28. The average molecular weight is 318 g/mol. The minimum absolute atomic E-state index is 0.0529. The van der Waals surface area contributed by atoms with Gasteiger partial charge < -0.3 is 10.2 Å². The molecule has 0 radical (unpaired) electrons. The van der Waals surface area contributed by atoms with Crippen LogP contribution in [0, 0.1) is 0 Å². The van der Waals surface area contributed by atoms with Crippen LogP contribution >= 0.6 is 0 Å². The van der Waals surface area contributed by atoms with Gasteiger partial charge in [-0.15, -0.1) is 0 Å². The molecule has 4 rings (SSSR count). The number of aryl methyl sites for hydroxylation is 1. The molecule has 2 aromatic carbocycles. The second-order valence-electron chi connectivity index (χ2n) is 5.88. The van der Waals surface area contributed by atoms with E-state index in [1.54, 1.807) is 6.20 Å². The van der Waals surface area contributed by atoms with Crippen molar-refractivity contribution >= 4 is 28.4 Å². The lowest BCUT2D eigenvalue weighted by Crippen LogP contribution is -2.39. The smallest absolute Gasteiger partial charge is 0.246 e. The van der Waals surface area contributed by atoms with Crippen molar-refractivity contribution in [1.29, 1.82) is 0 Å². The first kappa shape index (κ1) is 14.6. The summed E-state index contributed by atoms with van der Waals surface area (Å²) in [6.07, 6.45) is 3.70. The largest absolute Gasteiger partial charge is 0.360 e. The lowest BCUT2D eigenvalue weighted by molar-refractivity contribution is -0.117. The number of benzene rings is 2. The van der Waals surface area contributed by atoms with E-state index in [1.807, 2.05) is 47.4 Å². The van der Waals surface area contributed by atoms with Gasteiger partial charge in [-0.1, -0.05) is 30.3 Å². The quantitative estimate of drug-likeness (QED) is 0.806. The maximum Gasteiger partial charge on any atom is 0.246 e. The molecule has 0 bridgehead atoms. The molecular weight excluding hydrogens is 300 g/mol. The zero-order chi connectivity index (χ0) is 16.4. The number of carbonyl (C=O) groups excluding carboxylic acids is 1. The van der Waals surface area contributed by atoms with E-state index in [-0.39, 0.29) is 12.5 Å². The molecule has 0 unspecified atom stereocenters. The molecule has 1 aromatic heterocycles. The molecule has 1 N–H and O–H groups in total. The molecule has 0 saturated heterocycles. The van der Waals surface area contributed by atoms with Gasteiger partial charge in [0.15, 0.2) is 0 Å². The van der Waals surface area contributed by atoms with Gasteiger partial charge in [0.05, 0.1) is 23.8 Å². The minimum Gasteiger partial charge on any atom is -0.360 e. The Balaban J connectivity index is 1.48. The van der Waals surface area contributed by atoms with Gasteiger partial charge in [-0.25, -0.2) is 4.98 Å². The zero-order valence-corrected chi connectivity index (χ0v) is 13.3. The van der Waals surface area contributed by atoms with Gasteiger partial charge in [0.2, 0.25) is 5.91 Å². The summed E-state index contributed by atoms with van der Waals surface area (Å²) in [7, 11) is 0. The number of rotatable bonds is 3.